The molecule has 0 aliphatic carbocycles. The van der Waals surface area contributed by atoms with E-state index in [1.54, 1.807) is 7.11 Å². The highest BCUT2D eigenvalue weighted by Crippen LogP contribution is 2.37. The van der Waals surface area contributed by atoms with E-state index in [2.05, 4.69) is 15.6 Å². The summed E-state index contributed by atoms with van der Waals surface area (Å²) in [5, 5.41) is 11.8. The second kappa shape index (κ2) is 6.83. The van der Waals surface area contributed by atoms with E-state index in [1.807, 2.05) is 10.9 Å². The van der Waals surface area contributed by atoms with Gasteiger partial charge in [-0.05, 0) is 6.42 Å². The zero-order chi connectivity index (χ0) is 14.5. The van der Waals surface area contributed by atoms with Crippen LogP contribution in [0.15, 0.2) is 6.20 Å². The molecule has 1 aromatic rings. The van der Waals surface area contributed by atoms with Crippen LogP contribution in [-0.4, -0.2) is 60.7 Å². The van der Waals surface area contributed by atoms with E-state index in [1.165, 1.54) is 0 Å². The number of nitrogens with one attached hydrogen (secondary N) is 1. The molecule has 1 spiro atoms. The molecule has 7 heteroatoms. The van der Waals surface area contributed by atoms with Gasteiger partial charge in [-0.2, -0.15) is 0 Å². The van der Waals surface area contributed by atoms with Crippen LogP contribution in [0.25, 0.3) is 0 Å². The Morgan fingerprint density at radius 3 is 3.29 bits per heavy atom. The first-order chi connectivity index (χ1) is 10.3. The zero-order valence-electron chi connectivity index (χ0n) is 12.6. The Morgan fingerprint density at radius 1 is 1.52 bits per heavy atom. The highest BCUT2D eigenvalue weighted by Gasteiger charge is 2.41. The van der Waals surface area contributed by atoms with Crippen molar-refractivity contribution in [3.05, 3.63) is 11.9 Å². The summed E-state index contributed by atoms with van der Waals surface area (Å²) >= 11 is 0. The molecule has 0 amide bonds. The average molecular weight is 296 g/mol. The molecule has 118 valence electrons. The standard InChI is InChI=1S/C14H24N4O3/c1-19-7-4-15-9-12-10-18(17-16-12)13-2-5-21-14(8-13)3-6-20-11-14/h10,13,15H,2-9,11H2,1H3. The third-order valence-corrected chi connectivity index (χ3v) is 4.26. The normalized spacial score (nSPS) is 29.3. The van der Waals surface area contributed by atoms with Gasteiger partial charge in [0.15, 0.2) is 0 Å². The maximum absolute atomic E-state index is 5.96. The summed E-state index contributed by atoms with van der Waals surface area (Å²) in [5.41, 5.74) is 0.875. The Hall–Kier alpha value is -1.02. The third kappa shape index (κ3) is 3.60. The van der Waals surface area contributed by atoms with Gasteiger partial charge < -0.3 is 19.5 Å². The van der Waals surface area contributed by atoms with Crippen molar-refractivity contribution >= 4 is 0 Å². The molecular formula is C14H24N4O3. The van der Waals surface area contributed by atoms with E-state index >= 15 is 0 Å². The smallest absolute Gasteiger partial charge is 0.0964 e. The van der Waals surface area contributed by atoms with Gasteiger partial charge in [-0.3, -0.25) is 0 Å². The Kier molecular flexibility index (Phi) is 4.84. The Balaban J connectivity index is 1.55. The molecule has 0 saturated carbocycles. The number of rotatable bonds is 6. The number of nitrogens with zero attached hydrogens (tertiary/aromatic N) is 3. The van der Waals surface area contributed by atoms with Crippen molar-refractivity contribution < 1.29 is 14.2 Å². The molecule has 2 unspecified atom stereocenters. The number of ether oxygens (including phenoxy) is 3. The van der Waals surface area contributed by atoms with Gasteiger partial charge in [0.2, 0.25) is 0 Å². The second-order valence-corrected chi connectivity index (χ2v) is 5.84. The fourth-order valence-electron chi connectivity index (χ4n) is 3.05. The lowest BCUT2D eigenvalue weighted by molar-refractivity contribution is -0.0964. The van der Waals surface area contributed by atoms with Gasteiger partial charge >= 0.3 is 0 Å². The van der Waals surface area contributed by atoms with Gasteiger partial charge in [-0.15, -0.1) is 5.10 Å². The first kappa shape index (κ1) is 14.9. The minimum absolute atomic E-state index is 0.0915. The predicted molar refractivity (Wildman–Crippen MR) is 76.0 cm³/mol. The van der Waals surface area contributed by atoms with Crippen LogP contribution in [0.2, 0.25) is 0 Å². The van der Waals surface area contributed by atoms with Crippen LogP contribution >= 0.6 is 0 Å². The van der Waals surface area contributed by atoms with Gasteiger partial charge in [-0.1, -0.05) is 5.21 Å². The van der Waals surface area contributed by atoms with E-state index in [-0.39, 0.29) is 5.60 Å². The minimum atomic E-state index is -0.0915. The van der Waals surface area contributed by atoms with Crippen LogP contribution in [0.5, 0.6) is 0 Å². The lowest BCUT2D eigenvalue weighted by atomic mass is 9.90. The van der Waals surface area contributed by atoms with Crippen molar-refractivity contribution in [2.45, 2.75) is 37.5 Å². The maximum atomic E-state index is 5.96. The summed E-state index contributed by atoms with van der Waals surface area (Å²) in [7, 11) is 1.70. The molecule has 2 atom stereocenters. The number of aromatic nitrogens is 3. The fraction of sp³-hybridized carbons (Fsp3) is 0.857. The van der Waals surface area contributed by atoms with E-state index in [0.29, 0.717) is 19.3 Å². The van der Waals surface area contributed by atoms with Crippen LogP contribution < -0.4 is 5.32 Å². The van der Waals surface area contributed by atoms with E-state index in [9.17, 15) is 0 Å². The number of methoxy groups -OCH3 is 1. The van der Waals surface area contributed by atoms with Crippen molar-refractivity contribution in [2.24, 2.45) is 0 Å². The summed E-state index contributed by atoms with van der Waals surface area (Å²) < 4.78 is 18.5. The fourth-order valence-corrected chi connectivity index (χ4v) is 3.05. The molecule has 3 heterocycles. The molecule has 1 N–H and O–H groups in total. The molecule has 21 heavy (non-hydrogen) atoms. The van der Waals surface area contributed by atoms with Crippen LogP contribution in [0.3, 0.4) is 0 Å². The molecule has 0 radical (unpaired) electrons. The van der Waals surface area contributed by atoms with Gasteiger partial charge in [0, 0.05) is 46.3 Å². The SMILES string of the molecule is COCCNCc1cn(C2CCOC3(CCOC3)C2)nn1. The van der Waals surface area contributed by atoms with Crippen molar-refractivity contribution in [1.82, 2.24) is 20.3 Å². The van der Waals surface area contributed by atoms with E-state index < -0.39 is 0 Å². The minimum Gasteiger partial charge on any atom is -0.383 e. The zero-order valence-corrected chi connectivity index (χ0v) is 12.6. The number of hydrogen-bond donors (Lipinski definition) is 1. The van der Waals surface area contributed by atoms with Crippen LogP contribution in [0.4, 0.5) is 0 Å². The summed E-state index contributed by atoms with van der Waals surface area (Å²) in [6.07, 6.45) is 4.98. The van der Waals surface area contributed by atoms with E-state index in [4.69, 9.17) is 14.2 Å². The monoisotopic (exact) mass is 296 g/mol. The highest BCUT2D eigenvalue weighted by molar-refractivity contribution is 4.97. The van der Waals surface area contributed by atoms with Gasteiger partial charge in [0.05, 0.1) is 36.7 Å². The van der Waals surface area contributed by atoms with Crippen LogP contribution in [-0.2, 0) is 20.8 Å². The van der Waals surface area contributed by atoms with Crippen LogP contribution in [0.1, 0.15) is 31.0 Å². The Morgan fingerprint density at radius 2 is 2.48 bits per heavy atom. The largest absolute Gasteiger partial charge is 0.383 e. The third-order valence-electron chi connectivity index (χ3n) is 4.26. The quantitative estimate of drug-likeness (QED) is 0.772. The molecule has 0 bridgehead atoms. The Bertz CT molecular complexity index is 445. The molecule has 0 aromatic carbocycles. The maximum Gasteiger partial charge on any atom is 0.0964 e. The first-order valence-corrected chi connectivity index (χ1v) is 7.63. The Labute approximate surface area is 124 Å². The second-order valence-electron chi connectivity index (χ2n) is 5.84. The van der Waals surface area contributed by atoms with Crippen molar-refractivity contribution in [2.75, 3.05) is 40.1 Å². The lowest BCUT2D eigenvalue weighted by Crippen LogP contribution is -2.41. The van der Waals surface area contributed by atoms with Gasteiger partial charge in [0.1, 0.15) is 0 Å². The predicted octanol–water partition coefficient (Wildman–Crippen LogP) is 0.525. The lowest BCUT2D eigenvalue weighted by Gasteiger charge is -2.36. The summed E-state index contributed by atoms with van der Waals surface area (Å²) in [5.74, 6) is 0. The molecule has 7 nitrogen and oxygen atoms in total. The molecule has 2 fully saturated rings. The highest BCUT2D eigenvalue weighted by atomic mass is 16.6. The topological polar surface area (TPSA) is 70.4 Å². The van der Waals surface area contributed by atoms with Crippen molar-refractivity contribution in [1.29, 1.82) is 0 Å². The molecule has 2 aliphatic heterocycles. The number of hydrogen-bond acceptors (Lipinski definition) is 6. The van der Waals surface area contributed by atoms with Gasteiger partial charge in [-0.25, -0.2) is 4.68 Å². The summed E-state index contributed by atoms with van der Waals surface area (Å²) in [4.78, 5) is 0. The molecule has 2 saturated heterocycles. The molecule has 2 aliphatic rings. The van der Waals surface area contributed by atoms with Crippen molar-refractivity contribution in [3.8, 4) is 0 Å². The van der Waals surface area contributed by atoms with E-state index in [0.717, 1.165) is 51.3 Å². The van der Waals surface area contributed by atoms with Crippen LogP contribution in [0, 0.1) is 0 Å². The molecular weight excluding hydrogens is 272 g/mol. The molecule has 1 aromatic heterocycles. The van der Waals surface area contributed by atoms with Gasteiger partial charge in [0.25, 0.3) is 0 Å². The molecule has 3 rings (SSSR count). The van der Waals surface area contributed by atoms with Crippen molar-refractivity contribution in [3.63, 3.8) is 0 Å². The summed E-state index contributed by atoms with van der Waals surface area (Å²) in [6, 6.07) is 0.362. The summed E-state index contributed by atoms with van der Waals surface area (Å²) in [6.45, 7) is 4.54. The first-order valence-electron chi connectivity index (χ1n) is 7.63. The average Bonchev–Trinajstić information content (AvgIpc) is 3.14.